The van der Waals surface area contributed by atoms with Gasteiger partial charge in [-0.15, -0.1) is 0 Å². The number of benzene rings is 9. The van der Waals surface area contributed by atoms with Crippen molar-refractivity contribution in [3.63, 3.8) is 0 Å². The minimum absolute atomic E-state index is 0.224. The predicted octanol–water partition coefficient (Wildman–Crippen LogP) is 14.0. The number of nitrogens with zero attached hydrogens (tertiary/aromatic N) is 3. The van der Waals surface area contributed by atoms with Gasteiger partial charge in [0.05, 0.1) is 39.2 Å². The minimum atomic E-state index is -0.313. The van der Waals surface area contributed by atoms with Crippen molar-refractivity contribution in [2.24, 2.45) is 11.5 Å². The molecule has 474 valence electrons. The fourth-order valence-electron chi connectivity index (χ4n) is 14.1. The fraction of sp³-hybridized carbons (Fsp3) is 0.250. The highest BCUT2D eigenvalue weighted by atomic mass is 19.1. The van der Waals surface area contributed by atoms with Crippen molar-refractivity contribution in [3.05, 3.63) is 162 Å². The third-order valence-corrected chi connectivity index (χ3v) is 18.9. The number of β-amino-alcohol motifs (C(OH)–C–C–N with tert-alkyl or cyclic N) is 1. The molecular weight excluding hydrogens is 1200 g/mol. The van der Waals surface area contributed by atoms with Gasteiger partial charge in [-0.3, -0.25) is 14.7 Å². The van der Waals surface area contributed by atoms with Crippen LogP contribution in [0.15, 0.2) is 127 Å². The highest BCUT2D eigenvalue weighted by Gasteiger charge is 2.27. The molecule has 0 aliphatic carbocycles. The Morgan fingerprint density at radius 2 is 0.591 bits per heavy atom. The van der Waals surface area contributed by atoms with Crippen LogP contribution in [0.4, 0.5) is 26.3 Å². The lowest BCUT2D eigenvalue weighted by molar-refractivity contribution is -0.00373. The Balaban J connectivity index is 0.000000111. The molecular formula is C72H65F6N11O4. The van der Waals surface area contributed by atoms with E-state index in [1.807, 2.05) is 18.2 Å². The molecule has 21 heteroatoms. The number of hydrogen-bond donors (Lipinski definition) is 9. The van der Waals surface area contributed by atoms with Gasteiger partial charge in [0.25, 0.3) is 0 Å². The van der Waals surface area contributed by atoms with Crippen molar-refractivity contribution in [1.82, 2.24) is 44.6 Å². The zero-order chi connectivity index (χ0) is 63.3. The molecule has 0 saturated carbocycles. The van der Waals surface area contributed by atoms with Crippen molar-refractivity contribution in [2.75, 3.05) is 78.7 Å². The molecule has 3 fully saturated rings. The number of ether oxygens (including phenoxy) is 3. The first-order chi connectivity index (χ1) is 45.2. The largest absolute Gasteiger partial charge is 0.488 e. The average molecular weight is 1260 g/mol. The van der Waals surface area contributed by atoms with E-state index in [-0.39, 0.29) is 47.0 Å². The van der Waals surface area contributed by atoms with E-state index in [0.717, 1.165) is 189 Å². The maximum absolute atomic E-state index is 14.0. The summed E-state index contributed by atoms with van der Waals surface area (Å²) in [6.07, 6.45) is 2.75. The van der Waals surface area contributed by atoms with Gasteiger partial charge in [-0.2, -0.15) is 0 Å². The van der Waals surface area contributed by atoms with Gasteiger partial charge in [-0.25, -0.2) is 26.3 Å². The van der Waals surface area contributed by atoms with E-state index in [1.165, 1.54) is 72.8 Å². The van der Waals surface area contributed by atoms with E-state index in [4.69, 9.17) is 25.7 Å². The van der Waals surface area contributed by atoms with E-state index >= 15 is 0 Å². The quantitative estimate of drug-likeness (QED) is 0.0533. The number of aromatic amines is 6. The van der Waals surface area contributed by atoms with Crippen LogP contribution in [0, 0.1) is 34.9 Å². The molecule has 3 aliphatic heterocycles. The smallest absolute Gasteiger partial charge is 0.167 e. The number of nitrogens with two attached hydrogens (primary N) is 2. The summed E-state index contributed by atoms with van der Waals surface area (Å²) < 4.78 is 103. The number of piperidine rings is 1. The van der Waals surface area contributed by atoms with Crippen LogP contribution in [0.1, 0.15) is 19.3 Å². The van der Waals surface area contributed by atoms with Gasteiger partial charge in [-0.05, 0) is 166 Å². The molecule has 93 heavy (non-hydrogen) atoms. The number of aliphatic hydroxyl groups is 1. The molecule has 15 aromatic rings. The van der Waals surface area contributed by atoms with Crippen LogP contribution < -0.4 is 25.7 Å². The molecule has 3 saturated heterocycles. The van der Waals surface area contributed by atoms with Crippen LogP contribution in [0.2, 0.25) is 0 Å². The molecule has 0 unspecified atom stereocenters. The lowest BCUT2D eigenvalue weighted by Gasteiger charge is -2.35. The lowest BCUT2D eigenvalue weighted by Crippen LogP contribution is -2.51. The van der Waals surface area contributed by atoms with Crippen molar-refractivity contribution < 1.29 is 45.7 Å². The summed E-state index contributed by atoms with van der Waals surface area (Å²) in [5.74, 6) is 0.168. The average Bonchev–Trinajstić information content (AvgIpc) is 1.63. The topological polar surface area (TPSA) is 204 Å². The third kappa shape index (κ3) is 10.9. The first kappa shape index (κ1) is 58.6. The third-order valence-electron chi connectivity index (χ3n) is 18.9. The molecule has 15 nitrogen and oxygen atoms in total. The SMILES string of the molecule is NC1CCN(CCOc2c3[nH]c4ccc(F)cc4c3cc3c2[nH]c2ccc(F)cc23)CC1.N[C@H]1CCN(CCOc2c3[nH]c4ccc(F)cc4c3cc3c2[nH]c2ccc(F)cc23)C1.OC1CN(CCOc2c3[nH]c4ccc(F)cc4c3cc3c2[nH]c2ccc(F)cc23)C1. The van der Waals surface area contributed by atoms with Crippen LogP contribution in [0.3, 0.4) is 0 Å². The molecule has 11 N–H and O–H groups in total. The number of aliphatic hydroxyl groups excluding tert-OH is 1. The van der Waals surface area contributed by atoms with Gasteiger partial charge in [0.15, 0.2) is 17.2 Å². The molecule has 0 amide bonds. The second-order valence-corrected chi connectivity index (χ2v) is 25.0. The summed E-state index contributed by atoms with van der Waals surface area (Å²) in [4.78, 5) is 27.1. The van der Waals surface area contributed by atoms with E-state index in [2.05, 4.69) is 44.6 Å². The lowest BCUT2D eigenvalue weighted by atomic mass is 10.1. The number of aromatic nitrogens is 6. The zero-order valence-corrected chi connectivity index (χ0v) is 50.4. The maximum Gasteiger partial charge on any atom is 0.167 e. The van der Waals surface area contributed by atoms with Crippen molar-refractivity contribution >= 4 is 131 Å². The summed E-state index contributed by atoms with van der Waals surface area (Å²) in [5.41, 5.74) is 21.8. The normalized spacial score (nSPS) is 16.4. The summed E-state index contributed by atoms with van der Waals surface area (Å²) >= 11 is 0. The Kier molecular flexibility index (Phi) is 14.9. The molecule has 0 bridgehead atoms. The van der Waals surface area contributed by atoms with E-state index in [9.17, 15) is 31.4 Å². The predicted molar refractivity (Wildman–Crippen MR) is 357 cm³/mol. The standard InChI is InChI=1S/C25H24F2N4O.C24H22F2N4O.C23H19F2N3O2/c26-14-1-3-21-17(11-14)19-13-20-18-12-15(27)2-4-22(18)30-24(20)25(23(19)29-21)32-10-9-31-7-5-16(28)6-8-31;25-13-1-3-20-16(9-13)18-11-19-17-10-14(26)2-4-21(17)29-23(19)24(22(18)28-20)31-8-7-30-6-5-15(27)12-30;24-12-1-3-19-15(7-12)17-9-18-16-8-13(25)2-4-20(16)27-22(18)23(21(17)26-19)30-6-5-28-10-14(29)11-28/h1-4,11-13,16,29-30H,5-10,28H2;1-4,9-11,15,28-29H,5-8,12,27H2;1-4,7-9,14,26-27,29H,5-6,10-11H2/t;15-;/m.0./s1. The molecule has 6 aromatic heterocycles. The number of halogens is 6. The number of rotatable bonds is 12. The van der Waals surface area contributed by atoms with Gasteiger partial charge in [-0.1, -0.05) is 0 Å². The van der Waals surface area contributed by atoms with Gasteiger partial charge in [0.2, 0.25) is 0 Å². The highest BCUT2D eigenvalue weighted by molar-refractivity contribution is 6.23. The first-order valence-electron chi connectivity index (χ1n) is 31.5. The minimum Gasteiger partial charge on any atom is -0.488 e. The monoisotopic (exact) mass is 1260 g/mol. The number of nitrogens with one attached hydrogen (secondary N) is 6. The van der Waals surface area contributed by atoms with Crippen LogP contribution in [-0.2, 0) is 0 Å². The molecule has 0 radical (unpaired) electrons. The van der Waals surface area contributed by atoms with Crippen LogP contribution in [0.25, 0.3) is 131 Å². The Morgan fingerprint density at radius 1 is 0.333 bits per heavy atom. The van der Waals surface area contributed by atoms with Gasteiger partial charge < -0.3 is 60.7 Å². The van der Waals surface area contributed by atoms with Crippen LogP contribution in [-0.4, -0.2) is 147 Å². The summed E-state index contributed by atoms with van der Waals surface area (Å²) in [6, 6.07) is 34.5. The number of H-pyrrole nitrogens is 6. The summed E-state index contributed by atoms with van der Waals surface area (Å²) in [6.45, 7) is 8.81. The molecule has 1 atom stereocenters. The highest BCUT2D eigenvalue weighted by Crippen LogP contribution is 2.45. The van der Waals surface area contributed by atoms with Gasteiger partial charge in [0, 0.05) is 149 Å². The van der Waals surface area contributed by atoms with Crippen molar-refractivity contribution in [2.45, 2.75) is 37.5 Å². The second-order valence-electron chi connectivity index (χ2n) is 25.0. The summed E-state index contributed by atoms with van der Waals surface area (Å²) in [7, 11) is 0. The zero-order valence-electron chi connectivity index (χ0n) is 50.4. The maximum atomic E-state index is 14.0. The Bertz CT molecular complexity index is 5120. The van der Waals surface area contributed by atoms with Crippen molar-refractivity contribution in [3.8, 4) is 17.2 Å². The van der Waals surface area contributed by atoms with E-state index in [1.54, 1.807) is 36.4 Å². The molecule has 3 aliphatic rings. The second kappa shape index (κ2) is 23.6. The number of fused-ring (bicyclic) bond motifs is 18. The molecule has 0 spiro atoms. The number of hydrogen-bond acceptors (Lipinski definition) is 9. The van der Waals surface area contributed by atoms with E-state index < -0.39 is 0 Å². The Hall–Kier alpha value is -9.48. The summed E-state index contributed by atoms with van der Waals surface area (Å²) in [5, 5.41) is 19.2. The number of likely N-dealkylation sites (tertiary alicyclic amines) is 3. The molecule has 9 heterocycles. The fourth-order valence-corrected chi connectivity index (χ4v) is 14.1. The van der Waals surface area contributed by atoms with Crippen molar-refractivity contribution in [1.29, 1.82) is 0 Å². The Labute approximate surface area is 526 Å². The first-order valence-corrected chi connectivity index (χ1v) is 31.5. The Morgan fingerprint density at radius 3 is 0.860 bits per heavy atom. The molecule has 18 rings (SSSR count). The van der Waals surface area contributed by atoms with Gasteiger partial charge in [0.1, 0.15) is 54.7 Å². The van der Waals surface area contributed by atoms with Gasteiger partial charge >= 0.3 is 0 Å². The van der Waals surface area contributed by atoms with Crippen LogP contribution in [0.5, 0.6) is 17.2 Å². The molecule has 9 aromatic carbocycles. The van der Waals surface area contributed by atoms with E-state index in [0.29, 0.717) is 62.7 Å². The van der Waals surface area contributed by atoms with Crippen LogP contribution >= 0.6 is 0 Å².